The highest BCUT2D eigenvalue weighted by molar-refractivity contribution is 8.00. The Bertz CT molecular complexity index is 1120. The smallest absolute Gasteiger partial charge is 0.257 e. The van der Waals surface area contributed by atoms with E-state index >= 15 is 0 Å². The summed E-state index contributed by atoms with van der Waals surface area (Å²) >= 11 is 1.39. The van der Waals surface area contributed by atoms with Gasteiger partial charge in [-0.1, -0.05) is 39.0 Å². The van der Waals surface area contributed by atoms with Crippen LogP contribution < -0.4 is 15.4 Å². The minimum atomic E-state index is -0.459. The Kier molecular flexibility index (Phi) is 7.27. The van der Waals surface area contributed by atoms with Gasteiger partial charge in [0.25, 0.3) is 5.91 Å². The number of benzene rings is 3. The third kappa shape index (κ3) is 6.18. The summed E-state index contributed by atoms with van der Waals surface area (Å²) in [4.78, 5) is 36.4. The van der Waals surface area contributed by atoms with Crippen molar-refractivity contribution in [3.8, 4) is 0 Å². The van der Waals surface area contributed by atoms with Crippen LogP contribution in [0.3, 0.4) is 0 Å². The van der Waals surface area contributed by atoms with Crippen molar-refractivity contribution >= 4 is 46.5 Å². The summed E-state index contributed by atoms with van der Waals surface area (Å²) in [7, 11) is 0. The molecule has 2 amide bonds. The van der Waals surface area contributed by atoms with E-state index in [-0.39, 0.29) is 17.2 Å². The first-order chi connectivity index (χ1) is 15.3. The lowest BCUT2D eigenvalue weighted by atomic mass is 9.95. The van der Waals surface area contributed by atoms with E-state index in [1.54, 1.807) is 24.3 Å². The molecule has 164 valence electrons. The van der Waals surface area contributed by atoms with Crippen molar-refractivity contribution in [2.45, 2.75) is 25.7 Å². The van der Waals surface area contributed by atoms with Crippen molar-refractivity contribution in [3.63, 3.8) is 0 Å². The molecule has 3 N–H and O–H groups in total. The number of carbonyl (C=O) groups excluding carboxylic acids is 2. The Morgan fingerprint density at radius 3 is 2.19 bits per heavy atom. The zero-order chi connectivity index (χ0) is 23.1. The van der Waals surface area contributed by atoms with Gasteiger partial charge in [0.1, 0.15) is 5.69 Å². The monoisotopic (exact) mass is 448 g/mol. The number of nitroso groups, excluding NO2 is 1. The maximum atomic E-state index is 12.5. The Labute approximate surface area is 191 Å². The molecule has 0 fully saturated rings. The molecule has 0 saturated carbocycles. The van der Waals surface area contributed by atoms with E-state index in [9.17, 15) is 14.5 Å². The van der Waals surface area contributed by atoms with Gasteiger partial charge in [-0.3, -0.25) is 9.59 Å². The quantitative estimate of drug-likeness (QED) is 0.285. The molecule has 32 heavy (non-hydrogen) atoms. The van der Waals surface area contributed by atoms with Crippen LogP contribution in [0.1, 0.15) is 31.1 Å². The van der Waals surface area contributed by atoms with Crippen molar-refractivity contribution < 1.29 is 9.59 Å². The molecule has 0 radical (unpaired) electrons. The van der Waals surface area contributed by atoms with Crippen LogP contribution in [-0.4, -0.2) is 11.8 Å². The van der Waals surface area contributed by atoms with Crippen molar-refractivity contribution in [1.82, 2.24) is 0 Å². The van der Waals surface area contributed by atoms with Crippen LogP contribution in [0.25, 0.3) is 0 Å². The number of amides is 2. The molecule has 8 heteroatoms. The molecule has 3 aromatic rings. The van der Waals surface area contributed by atoms with Gasteiger partial charge in [-0.25, -0.2) is 0 Å². The van der Waals surface area contributed by atoms with Gasteiger partial charge in [-0.05, 0) is 71.7 Å². The summed E-state index contributed by atoms with van der Waals surface area (Å²) in [6.45, 7) is 5.59. The number of anilines is 3. The molecule has 3 rings (SSSR count). The standard InChI is InChI=1S/C24H24N4O3S/c1-24(2,3)23(30)26-16-11-13-17(14-12-16)28-32-19-8-6-7-18(15-19)25-22(29)20-9-4-5-10-21(20)27-31/h4-15,28H,1-3H3,(H,25,29)(H,26,30). The second-order valence-electron chi connectivity index (χ2n) is 8.08. The van der Waals surface area contributed by atoms with Crippen molar-refractivity contribution in [3.05, 3.63) is 83.3 Å². The van der Waals surface area contributed by atoms with Crippen LogP contribution >= 0.6 is 11.9 Å². The van der Waals surface area contributed by atoms with Gasteiger partial charge in [0.15, 0.2) is 0 Å². The third-order valence-electron chi connectivity index (χ3n) is 4.45. The SMILES string of the molecule is CC(C)(C)C(=O)Nc1ccc(NSc2cccc(NC(=O)c3ccccc3N=O)c2)cc1. The lowest BCUT2D eigenvalue weighted by Gasteiger charge is -2.17. The fraction of sp³-hybridized carbons (Fsp3) is 0.167. The molecule has 0 aliphatic heterocycles. The number of hydrogen-bond donors (Lipinski definition) is 3. The lowest BCUT2D eigenvalue weighted by Crippen LogP contribution is -2.27. The van der Waals surface area contributed by atoms with E-state index in [2.05, 4.69) is 20.5 Å². The average Bonchev–Trinajstić information content (AvgIpc) is 2.78. The zero-order valence-corrected chi connectivity index (χ0v) is 18.8. The summed E-state index contributed by atoms with van der Waals surface area (Å²) in [5.74, 6) is -0.443. The minimum Gasteiger partial charge on any atom is -0.326 e. The summed E-state index contributed by atoms with van der Waals surface area (Å²) in [6.07, 6.45) is 0. The topological polar surface area (TPSA) is 99.7 Å². The number of hydrogen-bond acceptors (Lipinski definition) is 6. The molecule has 0 spiro atoms. The Morgan fingerprint density at radius 1 is 0.812 bits per heavy atom. The fourth-order valence-corrected chi connectivity index (χ4v) is 3.34. The molecule has 0 heterocycles. The van der Waals surface area contributed by atoms with E-state index in [1.807, 2.05) is 63.2 Å². The van der Waals surface area contributed by atoms with E-state index in [4.69, 9.17) is 0 Å². The highest BCUT2D eigenvalue weighted by Gasteiger charge is 2.21. The third-order valence-corrected chi connectivity index (χ3v) is 5.28. The Balaban J connectivity index is 1.60. The van der Waals surface area contributed by atoms with Crippen LogP contribution in [0.4, 0.5) is 22.7 Å². The maximum absolute atomic E-state index is 12.5. The van der Waals surface area contributed by atoms with Crippen LogP contribution in [0.5, 0.6) is 0 Å². The van der Waals surface area contributed by atoms with Gasteiger partial charge < -0.3 is 15.4 Å². The fourth-order valence-electron chi connectivity index (χ4n) is 2.64. The van der Waals surface area contributed by atoms with Gasteiger partial charge in [0.2, 0.25) is 5.91 Å². The highest BCUT2D eigenvalue weighted by atomic mass is 32.2. The summed E-state index contributed by atoms with van der Waals surface area (Å²) in [5, 5.41) is 8.58. The predicted molar refractivity (Wildman–Crippen MR) is 130 cm³/mol. The average molecular weight is 449 g/mol. The molecular formula is C24H24N4O3S. The van der Waals surface area contributed by atoms with Crippen molar-refractivity contribution in [1.29, 1.82) is 0 Å². The van der Waals surface area contributed by atoms with Gasteiger partial charge in [-0.2, -0.15) is 0 Å². The van der Waals surface area contributed by atoms with Crippen LogP contribution in [-0.2, 0) is 4.79 Å². The number of nitrogens with one attached hydrogen (secondary N) is 3. The first kappa shape index (κ1) is 23.0. The summed E-state index contributed by atoms with van der Waals surface area (Å²) in [6, 6.07) is 21.1. The van der Waals surface area contributed by atoms with Crippen LogP contribution in [0.15, 0.2) is 82.9 Å². The zero-order valence-electron chi connectivity index (χ0n) is 18.0. The molecule has 0 unspecified atom stereocenters. The first-order valence-electron chi connectivity index (χ1n) is 9.94. The molecule has 0 atom stereocenters. The lowest BCUT2D eigenvalue weighted by molar-refractivity contribution is -0.123. The molecule has 0 aliphatic carbocycles. The Hall–Kier alpha value is -3.65. The van der Waals surface area contributed by atoms with Crippen LogP contribution in [0, 0.1) is 10.3 Å². The Morgan fingerprint density at radius 2 is 1.50 bits per heavy atom. The first-order valence-corrected chi connectivity index (χ1v) is 10.8. The second kappa shape index (κ2) is 10.1. The molecule has 0 bridgehead atoms. The van der Waals surface area contributed by atoms with E-state index in [1.165, 1.54) is 18.0 Å². The van der Waals surface area contributed by atoms with Crippen LogP contribution in [0.2, 0.25) is 0 Å². The normalized spacial score (nSPS) is 10.8. The predicted octanol–water partition coefficient (Wildman–Crippen LogP) is 6.44. The summed E-state index contributed by atoms with van der Waals surface area (Å²) < 4.78 is 3.24. The van der Waals surface area contributed by atoms with Crippen molar-refractivity contribution in [2.24, 2.45) is 10.6 Å². The van der Waals surface area contributed by atoms with E-state index in [0.29, 0.717) is 5.69 Å². The second-order valence-corrected chi connectivity index (χ2v) is 8.96. The van der Waals surface area contributed by atoms with Gasteiger partial charge >= 0.3 is 0 Å². The van der Waals surface area contributed by atoms with Gasteiger partial charge in [0.05, 0.1) is 5.56 Å². The maximum Gasteiger partial charge on any atom is 0.257 e. The minimum absolute atomic E-state index is 0.0435. The highest BCUT2D eigenvalue weighted by Crippen LogP contribution is 2.26. The van der Waals surface area contributed by atoms with E-state index in [0.717, 1.165) is 16.3 Å². The number of carbonyl (C=O) groups is 2. The largest absolute Gasteiger partial charge is 0.326 e. The molecule has 7 nitrogen and oxygen atoms in total. The van der Waals surface area contributed by atoms with Gasteiger partial charge in [-0.15, -0.1) is 4.91 Å². The van der Waals surface area contributed by atoms with Gasteiger partial charge in [0, 0.05) is 27.4 Å². The van der Waals surface area contributed by atoms with Crippen molar-refractivity contribution in [2.75, 3.05) is 15.4 Å². The molecule has 0 saturated heterocycles. The molecular weight excluding hydrogens is 424 g/mol. The molecule has 3 aromatic carbocycles. The summed E-state index contributed by atoms with van der Waals surface area (Å²) in [5.41, 5.74) is 2.05. The molecule has 0 aliphatic rings. The number of nitrogens with zero attached hydrogens (tertiary/aromatic N) is 1. The van der Waals surface area contributed by atoms with E-state index < -0.39 is 11.3 Å². The number of rotatable bonds is 7. The molecule has 0 aromatic heterocycles.